The van der Waals surface area contributed by atoms with Crippen molar-refractivity contribution in [1.29, 1.82) is 0 Å². The maximum atomic E-state index is 6.06. The summed E-state index contributed by atoms with van der Waals surface area (Å²) in [7, 11) is 0. The Bertz CT molecular complexity index is 594. The van der Waals surface area contributed by atoms with Crippen molar-refractivity contribution in [3.63, 3.8) is 0 Å². The Kier molecular flexibility index (Phi) is 3.96. The van der Waals surface area contributed by atoms with Crippen LogP contribution in [0.1, 0.15) is 6.92 Å². The maximum Gasteiger partial charge on any atom is 0.245 e. The number of aromatic amines is 1. The average molecular weight is 357 g/mol. The lowest BCUT2D eigenvalue weighted by atomic mass is 10.2. The van der Waals surface area contributed by atoms with Gasteiger partial charge in [-0.25, -0.2) is 0 Å². The third-order valence-corrected chi connectivity index (χ3v) is 3.94. The van der Waals surface area contributed by atoms with Crippen molar-refractivity contribution >= 4 is 33.5 Å². The van der Waals surface area contributed by atoms with Gasteiger partial charge in [0.1, 0.15) is 0 Å². The van der Waals surface area contributed by atoms with Gasteiger partial charge in [0.05, 0.1) is 0 Å². The van der Waals surface area contributed by atoms with Gasteiger partial charge in [0.2, 0.25) is 5.95 Å². The van der Waals surface area contributed by atoms with Gasteiger partial charge in [-0.1, -0.05) is 27.5 Å². The highest BCUT2D eigenvalue weighted by Crippen LogP contribution is 2.26. The zero-order valence-electron chi connectivity index (χ0n) is 11.0. The third-order valence-electron chi connectivity index (χ3n) is 3.26. The summed E-state index contributed by atoms with van der Waals surface area (Å²) in [5.74, 6) is 1.47. The fraction of sp³-hybridized carbons (Fsp3) is 0.385. The summed E-state index contributed by atoms with van der Waals surface area (Å²) in [5, 5.41) is 11.4. The van der Waals surface area contributed by atoms with Crippen LogP contribution in [0.3, 0.4) is 0 Å². The maximum absolute atomic E-state index is 6.06. The van der Waals surface area contributed by atoms with Gasteiger partial charge in [-0.2, -0.15) is 4.98 Å². The molecule has 5 nitrogen and oxygen atoms in total. The summed E-state index contributed by atoms with van der Waals surface area (Å²) in [4.78, 5) is 6.75. The topological polar surface area (TPSA) is 56.8 Å². The molecule has 7 heteroatoms. The predicted molar refractivity (Wildman–Crippen MR) is 84.2 cm³/mol. The highest BCUT2D eigenvalue weighted by atomic mass is 79.9. The molecule has 1 fully saturated rings. The Morgan fingerprint density at radius 1 is 1.40 bits per heavy atom. The van der Waals surface area contributed by atoms with Crippen LogP contribution >= 0.6 is 27.5 Å². The van der Waals surface area contributed by atoms with Gasteiger partial charge in [-0.15, -0.1) is 5.10 Å². The van der Waals surface area contributed by atoms with E-state index in [0.29, 0.717) is 11.1 Å². The number of nitrogens with one attached hydrogen (secondary N) is 2. The number of piperazine rings is 1. The number of hydrogen-bond donors (Lipinski definition) is 2. The second-order valence-electron chi connectivity index (χ2n) is 4.94. The lowest BCUT2D eigenvalue weighted by Gasteiger charge is -2.30. The largest absolute Gasteiger partial charge is 0.337 e. The van der Waals surface area contributed by atoms with E-state index in [1.807, 2.05) is 18.2 Å². The van der Waals surface area contributed by atoms with E-state index in [1.54, 1.807) is 0 Å². The summed E-state index contributed by atoms with van der Waals surface area (Å²) in [6.45, 7) is 4.94. The number of anilines is 1. The molecule has 1 saturated heterocycles. The zero-order valence-corrected chi connectivity index (χ0v) is 13.4. The number of hydrogen-bond acceptors (Lipinski definition) is 4. The van der Waals surface area contributed by atoms with Gasteiger partial charge in [0.15, 0.2) is 5.82 Å². The van der Waals surface area contributed by atoms with Crippen molar-refractivity contribution in [3.05, 3.63) is 27.7 Å². The van der Waals surface area contributed by atoms with Crippen LogP contribution in [0, 0.1) is 0 Å². The minimum absolute atomic E-state index is 0.450. The van der Waals surface area contributed by atoms with Crippen LogP contribution in [-0.4, -0.2) is 40.9 Å². The second kappa shape index (κ2) is 5.71. The highest BCUT2D eigenvalue weighted by Gasteiger charge is 2.19. The Morgan fingerprint density at radius 3 is 3.00 bits per heavy atom. The Hall–Kier alpha value is -1.11. The van der Waals surface area contributed by atoms with Gasteiger partial charge < -0.3 is 10.2 Å². The number of rotatable bonds is 2. The van der Waals surface area contributed by atoms with E-state index in [4.69, 9.17) is 11.6 Å². The summed E-state index contributed by atoms with van der Waals surface area (Å²) in [6.07, 6.45) is 0. The minimum Gasteiger partial charge on any atom is -0.337 e. The van der Waals surface area contributed by atoms with Gasteiger partial charge in [-0.05, 0) is 25.1 Å². The first-order chi connectivity index (χ1) is 9.61. The summed E-state index contributed by atoms with van der Waals surface area (Å²) >= 11 is 9.50. The van der Waals surface area contributed by atoms with E-state index < -0.39 is 0 Å². The van der Waals surface area contributed by atoms with Gasteiger partial charge >= 0.3 is 0 Å². The number of H-pyrrole nitrogens is 1. The molecule has 0 aliphatic carbocycles. The molecule has 1 aliphatic rings. The predicted octanol–water partition coefficient (Wildman–Crippen LogP) is 2.69. The van der Waals surface area contributed by atoms with Crippen molar-refractivity contribution in [2.75, 3.05) is 24.5 Å². The van der Waals surface area contributed by atoms with Gasteiger partial charge in [-0.3, -0.25) is 5.10 Å². The number of nitrogens with zero attached hydrogens (tertiary/aromatic N) is 3. The monoisotopic (exact) mass is 355 g/mol. The molecule has 2 heterocycles. The fourth-order valence-corrected chi connectivity index (χ4v) is 3.19. The first-order valence-electron chi connectivity index (χ1n) is 6.49. The van der Waals surface area contributed by atoms with E-state index in [0.717, 1.165) is 41.4 Å². The molecule has 0 bridgehead atoms. The number of benzene rings is 1. The molecule has 0 spiro atoms. The van der Waals surface area contributed by atoms with E-state index in [2.05, 4.69) is 48.3 Å². The fourth-order valence-electron chi connectivity index (χ4n) is 2.33. The molecule has 1 aromatic heterocycles. The van der Waals surface area contributed by atoms with Crippen molar-refractivity contribution in [2.24, 2.45) is 0 Å². The van der Waals surface area contributed by atoms with E-state index in [1.165, 1.54) is 0 Å². The quantitative estimate of drug-likeness (QED) is 0.868. The van der Waals surface area contributed by atoms with E-state index >= 15 is 0 Å². The minimum atomic E-state index is 0.450. The average Bonchev–Trinajstić information content (AvgIpc) is 2.87. The van der Waals surface area contributed by atoms with Crippen LogP contribution in [0.4, 0.5) is 5.95 Å². The van der Waals surface area contributed by atoms with Gasteiger partial charge in [0, 0.05) is 40.7 Å². The molecule has 0 amide bonds. The third kappa shape index (κ3) is 2.97. The molecular weight excluding hydrogens is 342 g/mol. The molecule has 1 aromatic carbocycles. The molecule has 0 radical (unpaired) electrons. The first kappa shape index (κ1) is 13.9. The van der Waals surface area contributed by atoms with Crippen LogP contribution < -0.4 is 10.2 Å². The van der Waals surface area contributed by atoms with Crippen molar-refractivity contribution in [2.45, 2.75) is 13.0 Å². The normalized spacial score (nSPS) is 19.4. The lowest BCUT2D eigenvalue weighted by Crippen LogP contribution is -2.49. The molecule has 2 aromatic rings. The molecule has 3 rings (SSSR count). The molecule has 0 saturated carbocycles. The number of halogens is 2. The first-order valence-corrected chi connectivity index (χ1v) is 7.66. The highest BCUT2D eigenvalue weighted by molar-refractivity contribution is 9.10. The lowest BCUT2D eigenvalue weighted by molar-refractivity contribution is 0.480. The van der Waals surface area contributed by atoms with Crippen molar-refractivity contribution in [3.8, 4) is 11.4 Å². The Balaban J connectivity index is 1.86. The standard InChI is InChI=1S/C13H15BrClN5/c1-8-7-20(3-2-16-8)13-17-12(18-19-13)9-4-10(14)6-11(15)5-9/h4-6,8,16H,2-3,7H2,1H3,(H,17,18,19)/t8-/m0/s1. The summed E-state index contributed by atoms with van der Waals surface area (Å²) in [6, 6.07) is 6.14. The summed E-state index contributed by atoms with van der Waals surface area (Å²) < 4.78 is 0.925. The Labute approximate surface area is 130 Å². The van der Waals surface area contributed by atoms with Gasteiger partial charge in [0.25, 0.3) is 0 Å². The van der Waals surface area contributed by atoms with Crippen LogP contribution in [0.2, 0.25) is 5.02 Å². The SMILES string of the molecule is C[C@H]1CN(c2n[nH]c(-c3cc(Cl)cc(Br)c3)n2)CCN1. The van der Waals surface area contributed by atoms with Crippen molar-refractivity contribution in [1.82, 2.24) is 20.5 Å². The molecule has 106 valence electrons. The summed E-state index contributed by atoms with van der Waals surface area (Å²) in [5.41, 5.74) is 0.923. The molecule has 1 aliphatic heterocycles. The molecule has 2 N–H and O–H groups in total. The number of aromatic nitrogens is 3. The molecule has 1 atom stereocenters. The van der Waals surface area contributed by atoms with E-state index in [-0.39, 0.29) is 0 Å². The van der Waals surface area contributed by atoms with E-state index in [9.17, 15) is 0 Å². The smallest absolute Gasteiger partial charge is 0.245 e. The second-order valence-corrected chi connectivity index (χ2v) is 6.30. The molecule has 20 heavy (non-hydrogen) atoms. The Morgan fingerprint density at radius 2 is 2.25 bits per heavy atom. The molecular formula is C13H15BrClN5. The van der Waals surface area contributed by atoms with Crippen molar-refractivity contribution < 1.29 is 0 Å². The van der Waals surface area contributed by atoms with Crippen LogP contribution in [0.25, 0.3) is 11.4 Å². The van der Waals surface area contributed by atoms with Crippen LogP contribution in [-0.2, 0) is 0 Å². The van der Waals surface area contributed by atoms with Crippen LogP contribution in [0.5, 0.6) is 0 Å². The zero-order chi connectivity index (χ0) is 14.1. The van der Waals surface area contributed by atoms with Crippen LogP contribution in [0.15, 0.2) is 22.7 Å². The molecule has 0 unspecified atom stereocenters.